The lowest BCUT2D eigenvalue weighted by atomic mass is 10.2. The van der Waals surface area contributed by atoms with Crippen LogP contribution in [0.15, 0.2) is 24.3 Å². The number of ether oxygens (including phenoxy) is 1. The molecule has 0 spiro atoms. The first-order chi connectivity index (χ1) is 7.29. The molecule has 1 saturated heterocycles. The molecule has 3 heteroatoms. The Bertz CT molecular complexity index is 334. The molecule has 0 bridgehead atoms. The van der Waals surface area contributed by atoms with Crippen LogP contribution >= 0.6 is 0 Å². The number of aldehydes is 1. The number of benzene rings is 1. The highest BCUT2D eigenvalue weighted by atomic mass is 16.5. The highest BCUT2D eigenvalue weighted by Gasteiger charge is 2.16. The lowest BCUT2D eigenvalue weighted by molar-refractivity contribution is 0.0532. The molecule has 1 aliphatic heterocycles. The molecule has 15 heavy (non-hydrogen) atoms. The molecule has 1 aliphatic rings. The summed E-state index contributed by atoms with van der Waals surface area (Å²) in [5, 5.41) is 0. The van der Waals surface area contributed by atoms with Gasteiger partial charge in [-0.3, -0.25) is 4.79 Å². The van der Waals surface area contributed by atoms with Crippen LogP contribution in [0.1, 0.15) is 17.3 Å². The molecule has 1 heterocycles. The second-order valence-electron chi connectivity index (χ2n) is 3.84. The molecule has 3 nitrogen and oxygen atoms in total. The minimum Gasteiger partial charge on any atom is -0.375 e. The van der Waals surface area contributed by atoms with Crippen LogP contribution in [0.25, 0.3) is 0 Å². The average Bonchev–Trinajstić information content (AvgIpc) is 2.29. The van der Waals surface area contributed by atoms with Crippen molar-refractivity contribution in [3.8, 4) is 0 Å². The molecule has 1 aromatic rings. The highest BCUT2D eigenvalue weighted by molar-refractivity contribution is 5.75. The maximum absolute atomic E-state index is 10.5. The number of nitrogens with zero attached hydrogens (tertiary/aromatic N) is 1. The lowest BCUT2D eigenvalue weighted by Gasteiger charge is -2.32. The molecule has 0 radical (unpaired) electrons. The molecule has 2 rings (SSSR count). The number of carbonyl (C=O) groups is 1. The minimum atomic E-state index is 0.282. The summed E-state index contributed by atoms with van der Waals surface area (Å²) in [5.41, 5.74) is 1.89. The first-order valence-electron chi connectivity index (χ1n) is 5.21. The first-order valence-corrected chi connectivity index (χ1v) is 5.21. The Hall–Kier alpha value is -1.35. The van der Waals surface area contributed by atoms with Gasteiger partial charge < -0.3 is 9.64 Å². The normalized spacial score (nSPS) is 21.4. The molecule has 1 fully saturated rings. The summed E-state index contributed by atoms with van der Waals surface area (Å²) in [7, 11) is 0. The molecule has 0 amide bonds. The van der Waals surface area contributed by atoms with Gasteiger partial charge in [0.25, 0.3) is 0 Å². The van der Waals surface area contributed by atoms with Gasteiger partial charge in [-0.15, -0.1) is 0 Å². The number of anilines is 1. The van der Waals surface area contributed by atoms with Crippen molar-refractivity contribution < 1.29 is 9.53 Å². The van der Waals surface area contributed by atoms with E-state index in [9.17, 15) is 4.79 Å². The van der Waals surface area contributed by atoms with Crippen LogP contribution < -0.4 is 4.90 Å². The van der Waals surface area contributed by atoms with Crippen molar-refractivity contribution in [1.82, 2.24) is 0 Å². The monoisotopic (exact) mass is 205 g/mol. The molecule has 0 aromatic heterocycles. The van der Waals surface area contributed by atoms with Crippen molar-refractivity contribution in [1.29, 1.82) is 0 Å². The van der Waals surface area contributed by atoms with E-state index >= 15 is 0 Å². The van der Waals surface area contributed by atoms with E-state index in [1.54, 1.807) is 0 Å². The van der Waals surface area contributed by atoms with E-state index in [-0.39, 0.29) is 6.10 Å². The standard InChI is InChI=1S/C12H15NO2/c1-10-8-13(6-7-15-10)12-4-2-11(9-14)3-5-12/h2-5,9-10H,6-8H2,1H3. The van der Waals surface area contributed by atoms with Gasteiger partial charge in [0.2, 0.25) is 0 Å². The minimum absolute atomic E-state index is 0.282. The van der Waals surface area contributed by atoms with Gasteiger partial charge in [-0.1, -0.05) is 0 Å². The van der Waals surface area contributed by atoms with Gasteiger partial charge in [0, 0.05) is 24.3 Å². The van der Waals surface area contributed by atoms with Crippen molar-refractivity contribution in [2.24, 2.45) is 0 Å². The molecule has 0 aliphatic carbocycles. The SMILES string of the molecule is CC1CN(c2ccc(C=O)cc2)CCO1. The topological polar surface area (TPSA) is 29.5 Å². The van der Waals surface area contributed by atoms with Crippen molar-refractivity contribution in [2.45, 2.75) is 13.0 Å². The van der Waals surface area contributed by atoms with Crippen LogP contribution in [0.5, 0.6) is 0 Å². The Morgan fingerprint density at radius 2 is 2.13 bits per heavy atom. The van der Waals surface area contributed by atoms with E-state index in [0.29, 0.717) is 0 Å². The predicted molar refractivity (Wildman–Crippen MR) is 59.5 cm³/mol. The zero-order chi connectivity index (χ0) is 10.7. The average molecular weight is 205 g/mol. The van der Waals surface area contributed by atoms with Crippen LogP contribution in [0.2, 0.25) is 0 Å². The molecule has 1 aromatic carbocycles. The fraction of sp³-hybridized carbons (Fsp3) is 0.417. The van der Waals surface area contributed by atoms with Gasteiger partial charge in [0.05, 0.1) is 12.7 Å². The fourth-order valence-electron chi connectivity index (χ4n) is 1.82. The molecule has 0 N–H and O–H groups in total. The number of morpholine rings is 1. The van der Waals surface area contributed by atoms with Crippen molar-refractivity contribution in [3.63, 3.8) is 0 Å². The Morgan fingerprint density at radius 3 is 2.73 bits per heavy atom. The predicted octanol–water partition coefficient (Wildman–Crippen LogP) is 1.72. The van der Waals surface area contributed by atoms with Gasteiger partial charge in [-0.2, -0.15) is 0 Å². The summed E-state index contributed by atoms with van der Waals surface area (Å²) in [5.74, 6) is 0. The Balaban J connectivity index is 2.11. The van der Waals surface area contributed by atoms with Gasteiger partial charge >= 0.3 is 0 Å². The number of hydrogen-bond donors (Lipinski definition) is 0. The van der Waals surface area contributed by atoms with Crippen LogP contribution in [0, 0.1) is 0 Å². The summed E-state index contributed by atoms with van der Waals surface area (Å²) in [6.07, 6.45) is 1.15. The fourth-order valence-corrected chi connectivity index (χ4v) is 1.82. The molecule has 1 unspecified atom stereocenters. The lowest BCUT2D eigenvalue weighted by Crippen LogP contribution is -2.41. The Labute approximate surface area is 89.7 Å². The van der Waals surface area contributed by atoms with E-state index in [4.69, 9.17) is 4.74 Å². The quantitative estimate of drug-likeness (QED) is 0.688. The van der Waals surface area contributed by atoms with Crippen molar-refractivity contribution in [3.05, 3.63) is 29.8 Å². The molecular formula is C12H15NO2. The van der Waals surface area contributed by atoms with Crippen LogP contribution in [0.4, 0.5) is 5.69 Å². The molecule has 0 saturated carbocycles. The molecule has 80 valence electrons. The second-order valence-corrected chi connectivity index (χ2v) is 3.84. The van der Waals surface area contributed by atoms with Crippen molar-refractivity contribution >= 4 is 12.0 Å². The summed E-state index contributed by atoms with van der Waals surface area (Å²) < 4.78 is 5.48. The third-order valence-corrected chi connectivity index (χ3v) is 2.64. The Kier molecular flexibility index (Phi) is 3.02. The maximum atomic E-state index is 10.5. The third-order valence-electron chi connectivity index (χ3n) is 2.64. The highest BCUT2D eigenvalue weighted by Crippen LogP contribution is 2.17. The first kappa shape index (κ1) is 10.2. The summed E-state index contributed by atoms with van der Waals surface area (Å²) in [4.78, 5) is 12.8. The summed E-state index contributed by atoms with van der Waals surface area (Å²) in [6.45, 7) is 4.69. The van der Waals surface area contributed by atoms with Crippen molar-refractivity contribution in [2.75, 3.05) is 24.6 Å². The van der Waals surface area contributed by atoms with E-state index < -0.39 is 0 Å². The molecule has 1 atom stereocenters. The second kappa shape index (κ2) is 4.45. The van der Waals surface area contributed by atoms with Crippen LogP contribution in [-0.4, -0.2) is 32.1 Å². The van der Waals surface area contributed by atoms with E-state index in [1.807, 2.05) is 24.3 Å². The van der Waals surface area contributed by atoms with E-state index in [2.05, 4.69) is 11.8 Å². The summed E-state index contributed by atoms with van der Waals surface area (Å²) >= 11 is 0. The van der Waals surface area contributed by atoms with Crippen LogP contribution in [-0.2, 0) is 4.74 Å². The van der Waals surface area contributed by atoms with Gasteiger partial charge in [-0.25, -0.2) is 0 Å². The van der Waals surface area contributed by atoms with E-state index in [1.165, 1.54) is 0 Å². The zero-order valence-corrected chi connectivity index (χ0v) is 8.85. The zero-order valence-electron chi connectivity index (χ0n) is 8.85. The third kappa shape index (κ3) is 2.36. The number of hydrogen-bond acceptors (Lipinski definition) is 3. The number of rotatable bonds is 2. The van der Waals surface area contributed by atoms with Gasteiger partial charge in [0.1, 0.15) is 6.29 Å². The van der Waals surface area contributed by atoms with Crippen LogP contribution in [0.3, 0.4) is 0 Å². The number of carbonyl (C=O) groups excluding carboxylic acids is 1. The summed E-state index contributed by atoms with van der Waals surface area (Å²) in [6, 6.07) is 7.68. The largest absolute Gasteiger partial charge is 0.375 e. The van der Waals surface area contributed by atoms with E-state index in [0.717, 1.165) is 37.2 Å². The maximum Gasteiger partial charge on any atom is 0.150 e. The molecular weight excluding hydrogens is 190 g/mol. The smallest absolute Gasteiger partial charge is 0.150 e. The van der Waals surface area contributed by atoms with Gasteiger partial charge in [-0.05, 0) is 31.2 Å². The Morgan fingerprint density at radius 1 is 1.40 bits per heavy atom. The van der Waals surface area contributed by atoms with Gasteiger partial charge in [0.15, 0.2) is 0 Å².